The van der Waals surface area contributed by atoms with Crippen LogP contribution in [0.15, 0.2) is 46.1 Å². The van der Waals surface area contributed by atoms with Crippen molar-refractivity contribution >= 4 is 17.3 Å². The molecule has 0 fully saturated rings. The molecule has 0 radical (unpaired) electrons. The van der Waals surface area contributed by atoms with E-state index in [-0.39, 0.29) is 23.8 Å². The number of nitrogen functional groups attached to an aromatic ring is 1. The van der Waals surface area contributed by atoms with Crippen LogP contribution in [0.1, 0.15) is 30.0 Å². The van der Waals surface area contributed by atoms with Gasteiger partial charge in [-0.3, -0.25) is 18.7 Å². The van der Waals surface area contributed by atoms with Crippen LogP contribution in [0.25, 0.3) is 11.3 Å². The lowest BCUT2D eigenvalue weighted by Crippen LogP contribution is -2.43. The summed E-state index contributed by atoms with van der Waals surface area (Å²) < 4.78 is 2.20. The van der Waals surface area contributed by atoms with Crippen LogP contribution in [0.5, 0.6) is 0 Å². The van der Waals surface area contributed by atoms with Gasteiger partial charge in [-0.15, -0.1) is 0 Å². The van der Waals surface area contributed by atoms with Gasteiger partial charge in [0.2, 0.25) is 0 Å². The number of aromatic nitrogens is 4. The highest BCUT2D eigenvalue weighted by molar-refractivity contribution is 6.02. The van der Waals surface area contributed by atoms with Gasteiger partial charge in [0.15, 0.2) is 5.78 Å². The van der Waals surface area contributed by atoms with E-state index in [2.05, 4.69) is 15.3 Å². The van der Waals surface area contributed by atoms with Gasteiger partial charge in [0.25, 0.3) is 5.56 Å². The fourth-order valence-electron chi connectivity index (χ4n) is 3.26. The summed E-state index contributed by atoms with van der Waals surface area (Å²) in [5, 5.41) is 3.03. The summed E-state index contributed by atoms with van der Waals surface area (Å²) in [6, 6.07) is 9.22. The topological polar surface area (TPSA) is 125 Å². The van der Waals surface area contributed by atoms with Gasteiger partial charge in [-0.2, -0.15) is 0 Å². The fraction of sp³-hybridized carbons (Fsp3) is 0.318. The summed E-state index contributed by atoms with van der Waals surface area (Å²) in [5.41, 5.74) is 6.98. The third-order valence-corrected chi connectivity index (χ3v) is 4.80. The Morgan fingerprint density at radius 1 is 1.23 bits per heavy atom. The first-order chi connectivity index (χ1) is 14.7. The number of carbonyl (C=O) groups excluding carboxylic acids is 1. The van der Waals surface area contributed by atoms with E-state index in [4.69, 9.17) is 5.73 Å². The summed E-state index contributed by atoms with van der Waals surface area (Å²) in [4.78, 5) is 46.4. The van der Waals surface area contributed by atoms with Crippen molar-refractivity contribution in [3.05, 3.63) is 68.8 Å². The summed E-state index contributed by atoms with van der Waals surface area (Å²) in [7, 11) is 1.35. The Morgan fingerprint density at radius 3 is 2.65 bits per heavy atom. The van der Waals surface area contributed by atoms with Crippen molar-refractivity contribution in [1.29, 1.82) is 0 Å². The van der Waals surface area contributed by atoms with Crippen LogP contribution < -0.4 is 22.3 Å². The number of Topliss-reactive ketones (excluding diaryl/α,β-unsaturated/α-hetero) is 1. The lowest BCUT2D eigenvalue weighted by atomic mass is 10.1. The molecule has 1 aromatic carbocycles. The highest BCUT2D eigenvalue weighted by Gasteiger charge is 2.21. The fourth-order valence-corrected chi connectivity index (χ4v) is 3.26. The molecule has 0 bridgehead atoms. The second kappa shape index (κ2) is 8.95. The maximum Gasteiger partial charge on any atom is 0.332 e. The van der Waals surface area contributed by atoms with Gasteiger partial charge in [-0.1, -0.05) is 26.0 Å². The molecule has 0 amide bonds. The Hall–Kier alpha value is -3.75. The lowest BCUT2D eigenvalue weighted by Gasteiger charge is -2.16. The van der Waals surface area contributed by atoms with E-state index in [0.29, 0.717) is 18.1 Å². The molecule has 0 saturated heterocycles. The van der Waals surface area contributed by atoms with Crippen molar-refractivity contribution in [2.45, 2.75) is 27.3 Å². The van der Waals surface area contributed by atoms with Gasteiger partial charge in [0.1, 0.15) is 17.2 Å². The molecule has 0 unspecified atom stereocenters. The molecule has 3 aromatic rings. The monoisotopic (exact) mass is 422 g/mol. The Labute approximate surface area is 179 Å². The number of anilines is 2. The van der Waals surface area contributed by atoms with Gasteiger partial charge in [-0.05, 0) is 31.0 Å². The third-order valence-electron chi connectivity index (χ3n) is 4.80. The van der Waals surface area contributed by atoms with Crippen molar-refractivity contribution < 1.29 is 4.79 Å². The number of hydrogen-bond donors (Lipinski definition) is 2. The van der Waals surface area contributed by atoms with Crippen LogP contribution in [-0.2, 0) is 13.6 Å². The van der Waals surface area contributed by atoms with Gasteiger partial charge >= 0.3 is 5.69 Å². The molecule has 2 heterocycles. The van der Waals surface area contributed by atoms with Crippen LogP contribution in [-0.4, -0.2) is 31.4 Å². The average Bonchev–Trinajstić information content (AvgIpc) is 2.74. The van der Waals surface area contributed by atoms with Crippen molar-refractivity contribution in [3.8, 4) is 11.3 Å². The number of ketones is 1. The first kappa shape index (κ1) is 21.9. The molecule has 3 N–H and O–H groups in total. The van der Waals surface area contributed by atoms with Crippen LogP contribution in [0.4, 0.5) is 11.5 Å². The molecular formula is C22H26N6O3. The Morgan fingerprint density at radius 2 is 1.97 bits per heavy atom. The maximum absolute atomic E-state index is 12.9. The molecule has 0 aliphatic rings. The number of rotatable bonds is 7. The summed E-state index contributed by atoms with van der Waals surface area (Å²) in [6.07, 6.45) is 1.69. The van der Waals surface area contributed by atoms with E-state index < -0.39 is 17.0 Å². The average molecular weight is 422 g/mol. The molecule has 0 atom stereocenters. The number of nitrogens with zero attached hydrogens (tertiary/aromatic N) is 4. The molecule has 0 aliphatic carbocycles. The molecule has 3 rings (SSSR count). The summed E-state index contributed by atoms with van der Waals surface area (Å²) >= 11 is 0. The zero-order valence-electron chi connectivity index (χ0n) is 18.0. The Bertz CT molecular complexity index is 1240. The van der Waals surface area contributed by atoms with Crippen LogP contribution in [0.3, 0.4) is 0 Å². The van der Waals surface area contributed by atoms with Crippen LogP contribution in [0, 0.1) is 12.8 Å². The first-order valence-corrected chi connectivity index (χ1v) is 9.95. The standard InChI is InChI=1S/C22H26N6O3/c1-13(2)12-28-20(23)19(21(30)27(4)22(28)31)18(29)11-25-16-7-5-6-15(10-16)17-8-9-24-14(3)26-17/h5-10,13,25H,11-12,23H2,1-4H3. The van der Waals surface area contributed by atoms with E-state index in [1.54, 1.807) is 12.3 Å². The number of aryl methyl sites for hydroxylation is 1. The second-order valence-electron chi connectivity index (χ2n) is 7.76. The molecule has 2 aromatic heterocycles. The summed E-state index contributed by atoms with van der Waals surface area (Å²) in [5.74, 6) is 0.193. The highest BCUT2D eigenvalue weighted by Crippen LogP contribution is 2.20. The smallest absolute Gasteiger partial charge is 0.332 e. The van der Waals surface area contributed by atoms with E-state index in [1.807, 2.05) is 45.0 Å². The Balaban J connectivity index is 1.86. The van der Waals surface area contributed by atoms with Gasteiger partial charge < -0.3 is 11.1 Å². The van der Waals surface area contributed by atoms with E-state index in [1.165, 1.54) is 11.6 Å². The van der Waals surface area contributed by atoms with Gasteiger partial charge in [0.05, 0.1) is 12.2 Å². The van der Waals surface area contributed by atoms with Crippen molar-refractivity contribution in [3.63, 3.8) is 0 Å². The molecule has 0 saturated carbocycles. The zero-order chi connectivity index (χ0) is 22.7. The number of nitrogens with one attached hydrogen (secondary N) is 1. The largest absolute Gasteiger partial charge is 0.384 e. The van der Waals surface area contributed by atoms with Gasteiger partial charge in [-0.25, -0.2) is 14.8 Å². The minimum atomic E-state index is -0.695. The van der Waals surface area contributed by atoms with Crippen LogP contribution in [0.2, 0.25) is 0 Å². The normalized spacial score (nSPS) is 11.0. The molecular weight excluding hydrogens is 396 g/mol. The highest BCUT2D eigenvalue weighted by atomic mass is 16.2. The van der Waals surface area contributed by atoms with Crippen molar-refractivity contribution in [1.82, 2.24) is 19.1 Å². The number of hydrogen-bond acceptors (Lipinski definition) is 7. The SMILES string of the molecule is Cc1nccc(-c2cccc(NCC(=O)c3c(N)n(CC(C)C)c(=O)n(C)c3=O)c2)n1. The first-order valence-electron chi connectivity index (χ1n) is 9.95. The lowest BCUT2D eigenvalue weighted by molar-refractivity contribution is 0.100. The molecule has 0 aliphatic heterocycles. The molecule has 31 heavy (non-hydrogen) atoms. The second-order valence-corrected chi connectivity index (χ2v) is 7.76. The number of carbonyl (C=O) groups is 1. The van der Waals surface area contributed by atoms with Gasteiger partial charge in [0, 0.05) is 31.0 Å². The number of benzene rings is 1. The minimum absolute atomic E-state index is 0.0983. The third kappa shape index (κ3) is 4.71. The molecule has 162 valence electrons. The Kier molecular flexibility index (Phi) is 6.33. The summed E-state index contributed by atoms with van der Waals surface area (Å²) in [6.45, 7) is 5.82. The predicted molar refractivity (Wildman–Crippen MR) is 120 cm³/mol. The van der Waals surface area contributed by atoms with Crippen LogP contribution >= 0.6 is 0 Å². The van der Waals surface area contributed by atoms with E-state index in [0.717, 1.165) is 15.8 Å². The zero-order valence-corrected chi connectivity index (χ0v) is 18.0. The molecule has 9 heteroatoms. The van der Waals surface area contributed by atoms with E-state index in [9.17, 15) is 14.4 Å². The molecule has 9 nitrogen and oxygen atoms in total. The van der Waals surface area contributed by atoms with Crippen molar-refractivity contribution in [2.75, 3.05) is 17.6 Å². The number of nitrogens with two attached hydrogens (primary N) is 1. The predicted octanol–water partition coefficient (Wildman–Crippen LogP) is 1.85. The van der Waals surface area contributed by atoms with E-state index >= 15 is 0 Å². The minimum Gasteiger partial charge on any atom is -0.384 e. The maximum atomic E-state index is 12.9. The van der Waals surface area contributed by atoms with Crippen molar-refractivity contribution in [2.24, 2.45) is 13.0 Å². The molecule has 0 spiro atoms. The quantitative estimate of drug-likeness (QED) is 0.557.